The van der Waals surface area contributed by atoms with E-state index in [-0.39, 0.29) is 31.6 Å². The van der Waals surface area contributed by atoms with E-state index in [4.69, 9.17) is 15.9 Å². The van der Waals surface area contributed by atoms with Crippen molar-refractivity contribution in [3.05, 3.63) is 47.5 Å². The zero-order chi connectivity index (χ0) is 17.5. The van der Waals surface area contributed by atoms with Crippen molar-refractivity contribution >= 4 is 22.6 Å². The predicted octanol–water partition coefficient (Wildman–Crippen LogP) is 1.15. The quantitative estimate of drug-likeness (QED) is 0.713. The lowest BCUT2D eigenvalue weighted by Gasteiger charge is -2.26. The van der Waals surface area contributed by atoms with Gasteiger partial charge in [-0.1, -0.05) is 24.3 Å². The number of amides is 2. The zero-order valence-corrected chi connectivity index (χ0v) is 13.4. The van der Waals surface area contributed by atoms with Crippen molar-refractivity contribution in [2.75, 3.05) is 26.3 Å². The first-order valence-corrected chi connectivity index (χ1v) is 7.95. The van der Waals surface area contributed by atoms with Crippen LogP contribution in [0.1, 0.15) is 33.6 Å². The van der Waals surface area contributed by atoms with Crippen LogP contribution >= 0.6 is 0 Å². The minimum atomic E-state index is -0.275. The van der Waals surface area contributed by atoms with Gasteiger partial charge in [0.15, 0.2) is 0 Å². The molecule has 0 bridgehead atoms. The molecule has 4 N–H and O–H groups in total. The number of imide groups is 1. The van der Waals surface area contributed by atoms with Crippen LogP contribution < -0.4 is 5.73 Å². The topological polar surface area (TPSA) is 104 Å². The molecule has 0 aromatic heterocycles. The Balaban J connectivity index is 0.000000368. The molecule has 1 aliphatic rings. The number of rotatable bonds is 5. The summed E-state index contributed by atoms with van der Waals surface area (Å²) in [6.45, 7) is 1.02. The number of hydrogen-bond acceptors (Lipinski definition) is 5. The van der Waals surface area contributed by atoms with Crippen LogP contribution in [0.2, 0.25) is 0 Å². The van der Waals surface area contributed by atoms with Gasteiger partial charge in [-0.25, -0.2) is 0 Å². The first kappa shape index (κ1) is 18.1. The Bertz CT molecular complexity index is 677. The first-order valence-electron chi connectivity index (χ1n) is 7.95. The monoisotopic (exact) mass is 330 g/mol. The van der Waals surface area contributed by atoms with E-state index in [2.05, 4.69) is 0 Å². The van der Waals surface area contributed by atoms with Crippen LogP contribution in [0.3, 0.4) is 0 Å². The number of carbonyl (C=O) groups excluding carboxylic acids is 2. The summed E-state index contributed by atoms with van der Waals surface area (Å²) in [6.07, 6.45) is 1.12. The van der Waals surface area contributed by atoms with Gasteiger partial charge in [-0.3, -0.25) is 14.5 Å². The summed E-state index contributed by atoms with van der Waals surface area (Å²) >= 11 is 0. The molecule has 3 rings (SSSR count). The van der Waals surface area contributed by atoms with Gasteiger partial charge in [0.1, 0.15) is 0 Å². The van der Waals surface area contributed by atoms with Crippen LogP contribution in [0.25, 0.3) is 10.8 Å². The summed E-state index contributed by atoms with van der Waals surface area (Å²) in [7, 11) is 0. The first-order chi connectivity index (χ1) is 11.7. The summed E-state index contributed by atoms with van der Waals surface area (Å²) < 4.78 is 0. The van der Waals surface area contributed by atoms with Gasteiger partial charge in [-0.2, -0.15) is 0 Å². The molecule has 0 saturated heterocycles. The lowest BCUT2D eigenvalue weighted by Crippen LogP contribution is -2.41. The summed E-state index contributed by atoms with van der Waals surface area (Å²) in [6, 6.07) is 10.9. The Kier molecular flexibility index (Phi) is 6.43. The number of aliphatic hydroxyl groups is 2. The van der Waals surface area contributed by atoms with E-state index in [9.17, 15) is 9.59 Å². The van der Waals surface area contributed by atoms with Gasteiger partial charge < -0.3 is 15.9 Å². The standard InChI is InChI=1S/C15H13NO3.C3H9NO/c17-9-3-8-16-14(18)11-6-1-4-10-5-2-7-12(13(10)11)15(16)19;4-2-1-3-5/h1-2,4-7,17H,3,8-9H2;5H,1-4H2. The Labute approximate surface area is 140 Å². The molecule has 24 heavy (non-hydrogen) atoms. The van der Waals surface area contributed by atoms with Crippen molar-refractivity contribution in [1.29, 1.82) is 0 Å². The molecular weight excluding hydrogens is 308 g/mol. The fourth-order valence-corrected chi connectivity index (χ4v) is 2.60. The highest BCUT2D eigenvalue weighted by molar-refractivity contribution is 6.25. The van der Waals surface area contributed by atoms with E-state index < -0.39 is 0 Å². The SMILES string of the molecule is NCCCO.O=C1c2cccc3cccc(c23)C(=O)N1CCCO. The smallest absolute Gasteiger partial charge is 0.261 e. The molecule has 0 fully saturated rings. The van der Waals surface area contributed by atoms with Crippen molar-refractivity contribution in [2.24, 2.45) is 5.73 Å². The lowest BCUT2D eigenvalue weighted by atomic mass is 9.94. The predicted molar refractivity (Wildman–Crippen MR) is 91.8 cm³/mol. The van der Waals surface area contributed by atoms with Gasteiger partial charge in [-0.15, -0.1) is 0 Å². The number of benzene rings is 2. The molecule has 1 heterocycles. The summed E-state index contributed by atoms with van der Waals surface area (Å²) in [5.74, 6) is -0.550. The molecule has 0 aliphatic carbocycles. The Morgan fingerprint density at radius 3 is 1.83 bits per heavy atom. The third-order valence-electron chi connectivity index (χ3n) is 3.76. The van der Waals surface area contributed by atoms with E-state index in [1.165, 1.54) is 4.90 Å². The second kappa shape index (κ2) is 8.54. The zero-order valence-electron chi connectivity index (χ0n) is 13.4. The fraction of sp³-hybridized carbons (Fsp3) is 0.333. The molecule has 0 unspecified atom stereocenters. The molecule has 0 atom stereocenters. The van der Waals surface area contributed by atoms with Crippen LogP contribution in [0, 0.1) is 0 Å². The van der Waals surface area contributed by atoms with Crippen molar-refractivity contribution in [2.45, 2.75) is 12.8 Å². The second-order valence-corrected chi connectivity index (χ2v) is 5.41. The van der Waals surface area contributed by atoms with Crippen LogP contribution in [-0.4, -0.2) is 53.2 Å². The third-order valence-corrected chi connectivity index (χ3v) is 3.76. The summed E-state index contributed by atoms with van der Waals surface area (Å²) in [5.41, 5.74) is 6.10. The molecule has 0 spiro atoms. The molecule has 0 saturated carbocycles. The average Bonchev–Trinajstić information content (AvgIpc) is 2.61. The Morgan fingerprint density at radius 1 is 0.875 bits per heavy atom. The van der Waals surface area contributed by atoms with Crippen LogP contribution in [-0.2, 0) is 0 Å². The summed E-state index contributed by atoms with van der Waals surface area (Å²) in [4.78, 5) is 25.9. The van der Waals surface area contributed by atoms with Crippen molar-refractivity contribution in [3.8, 4) is 0 Å². The molecule has 128 valence electrons. The number of nitrogens with zero attached hydrogens (tertiary/aromatic N) is 1. The lowest BCUT2D eigenvalue weighted by molar-refractivity contribution is 0.0601. The number of hydrogen-bond donors (Lipinski definition) is 3. The molecular formula is C18H22N2O4. The molecule has 6 nitrogen and oxygen atoms in total. The summed E-state index contributed by atoms with van der Waals surface area (Å²) in [5, 5.41) is 18.5. The molecule has 1 aliphatic heterocycles. The van der Waals surface area contributed by atoms with E-state index in [1.54, 1.807) is 12.1 Å². The highest BCUT2D eigenvalue weighted by Gasteiger charge is 2.31. The fourth-order valence-electron chi connectivity index (χ4n) is 2.60. The maximum atomic E-state index is 12.3. The van der Waals surface area contributed by atoms with Gasteiger partial charge in [0.05, 0.1) is 0 Å². The number of nitrogens with two attached hydrogens (primary N) is 1. The van der Waals surface area contributed by atoms with Crippen LogP contribution in [0.4, 0.5) is 0 Å². The van der Waals surface area contributed by atoms with Gasteiger partial charge in [0.25, 0.3) is 11.8 Å². The van der Waals surface area contributed by atoms with E-state index in [1.807, 2.05) is 24.3 Å². The second-order valence-electron chi connectivity index (χ2n) is 5.41. The van der Waals surface area contributed by atoms with E-state index >= 15 is 0 Å². The van der Waals surface area contributed by atoms with Crippen molar-refractivity contribution in [3.63, 3.8) is 0 Å². The largest absolute Gasteiger partial charge is 0.396 e. The Morgan fingerprint density at radius 2 is 1.42 bits per heavy atom. The minimum absolute atomic E-state index is 0.0388. The molecule has 2 aromatic rings. The number of aliphatic hydroxyl groups excluding tert-OH is 2. The van der Waals surface area contributed by atoms with Crippen LogP contribution in [0.15, 0.2) is 36.4 Å². The molecule has 2 aromatic carbocycles. The molecule has 2 amide bonds. The van der Waals surface area contributed by atoms with Crippen molar-refractivity contribution in [1.82, 2.24) is 4.90 Å². The molecule has 6 heteroatoms. The Hall–Kier alpha value is -2.28. The maximum Gasteiger partial charge on any atom is 0.261 e. The average molecular weight is 330 g/mol. The normalized spacial score (nSPS) is 13.0. The highest BCUT2D eigenvalue weighted by atomic mass is 16.3. The number of carbonyl (C=O) groups is 2. The van der Waals surface area contributed by atoms with Crippen LogP contribution in [0.5, 0.6) is 0 Å². The van der Waals surface area contributed by atoms with Gasteiger partial charge in [0.2, 0.25) is 0 Å². The van der Waals surface area contributed by atoms with E-state index in [0.717, 1.165) is 17.2 Å². The maximum absolute atomic E-state index is 12.3. The van der Waals surface area contributed by atoms with Gasteiger partial charge in [-0.05, 0) is 36.9 Å². The highest BCUT2D eigenvalue weighted by Crippen LogP contribution is 2.29. The minimum Gasteiger partial charge on any atom is -0.396 e. The van der Waals surface area contributed by atoms with Gasteiger partial charge in [0, 0.05) is 36.3 Å². The van der Waals surface area contributed by atoms with E-state index in [0.29, 0.717) is 24.1 Å². The third kappa shape index (κ3) is 3.62. The molecule has 0 radical (unpaired) electrons. The van der Waals surface area contributed by atoms with Gasteiger partial charge >= 0.3 is 0 Å². The van der Waals surface area contributed by atoms with Crippen molar-refractivity contribution < 1.29 is 19.8 Å².